The van der Waals surface area contributed by atoms with Crippen LogP contribution in [0.1, 0.15) is 27.3 Å². The third-order valence-corrected chi connectivity index (χ3v) is 5.18. The maximum absolute atomic E-state index is 13.0. The monoisotopic (exact) mass is 412 g/mol. The lowest BCUT2D eigenvalue weighted by Crippen LogP contribution is -2.15. The number of aryl methyl sites for hydroxylation is 3. The number of nitrogens with one attached hydrogen (secondary N) is 1. The summed E-state index contributed by atoms with van der Waals surface area (Å²) in [6.45, 7) is 6.14. The van der Waals surface area contributed by atoms with Crippen LogP contribution >= 0.6 is 0 Å². The van der Waals surface area contributed by atoms with Gasteiger partial charge in [0.1, 0.15) is 5.75 Å². The molecule has 4 aromatic rings. The van der Waals surface area contributed by atoms with E-state index in [0.29, 0.717) is 17.3 Å². The Morgan fingerprint density at radius 1 is 0.935 bits per heavy atom. The summed E-state index contributed by atoms with van der Waals surface area (Å²) in [5.74, 6) is 0.863. The van der Waals surface area contributed by atoms with Crippen LogP contribution in [0.15, 0.2) is 66.7 Å². The summed E-state index contributed by atoms with van der Waals surface area (Å²) in [6, 6.07) is 21.3. The Morgan fingerprint density at radius 3 is 2.48 bits per heavy atom. The Kier molecular flexibility index (Phi) is 5.54. The largest absolute Gasteiger partial charge is 0.495 e. The van der Waals surface area contributed by atoms with E-state index in [4.69, 9.17) is 4.74 Å². The topological polar surface area (TPSA) is 69.0 Å². The number of rotatable bonds is 5. The number of benzene rings is 3. The van der Waals surface area contributed by atoms with Crippen LogP contribution in [0.5, 0.6) is 5.75 Å². The van der Waals surface area contributed by atoms with Crippen LogP contribution in [0.25, 0.3) is 17.1 Å². The summed E-state index contributed by atoms with van der Waals surface area (Å²) in [4.78, 5) is 17.6. The van der Waals surface area contributed by atoms with Gasteiger partial charge in [0.15, 0.2) is 5.82 Å². The number of aromatic nitrogens is 3. The first-order chi connectivity index (χ1) is 15.0. The SMILES string of the molecule is COc1ccccc1NC(=O)c1nc(-c2cccc(C)c2)n(-c2ccc(C)c(C)c2)n1. The lowest BCUT2D eigenvalue weighted by Gasteiger charge is -2.09. The zero-order valence-corrected chi connectivity index (χ0v) is 18.0. The highest BCUT2D eigenvalue weighted by Gasteiger charge is 2.20. The van der Waals surface area contributed by atoms with Gasteiger partial charge < -0.3 is 10.1 Å². The van der Waals surface area contributed by atoms with Gasteiger partial charge in [0.25, 0.3) is 5.91 Å². The molecule has 31 heavy (non-hydrogen) atoms. The van der Waals surface area contributed by atoms with Crippen molar-refractivity contribution in [3.8, 4) is 22.8 Å². The van der Waals surface area contributed by atoms with Gasteiger partial charge in [-0.25, -0.2) is 9.67 Å². The molecule has 0 atom stereocenters. The van der Waals surface area contributed by atoms with E-state index in [1.165, 1.54) is 5.56 Å². The number of ether oxygens (including phenoxy) is 1. The number of nitrogens with zero attached hydrogens (tertiary/aromatic N) is 3. The van der Waals surface area contributed by atoms with E-state index in [1.807, 2.05) is 61.5 Å². The average molecular weight is 412 g/mol. The van der Waals surface area contributed by atoms with Gasteiger partial charge in [0, 0.05) is 5.56 Å². The lowest BCUT2D eigenvalue weighted by atomic mass is 10.1. The molecule has 0 bridgehead atoms. The molecule has 156 valence electrons. The molecule has 1 heterocycles. The number of hydrogen-bond donors (Lipinski definition) is 1. The second-order valence-corrected chi connectivity index (χ2v) is 7.46. The standard InChI is InChI=1S/C25H24N4O2/c1-16-8-7-9-19(14-16)24-27-23(25(30)26-21-10-5-6-11-22(21)31-4)28-29(24)20-13-12-17(2)18(3)15-20/h5-15H,1-4H3,(H,26,30). The van der Waals surface area contributed by atoms with Crippen LogP contribution in [-0.2, 0) is 0 Å². The van der Waals surface area contributed by atoms with Crippen molar-refractivity contribution in [1.82, 2.24) is 14.8 Å². The Morgan fingerprint density at radius 2 is 1.74 bits per heavy atom. The van der Waals surface area contributed by atoms with Crippen LogP contribution in [0.3, 0.4) is 0 Å². The van der Waals surface area contributed by atoms with Crippen molar-refractivity contribution in [3.05, 3.63) is 89.2 Å². The summed E-state index contributed by atoms with van der Waals surface area (Å²) in [5, 5.41) is 7.41. The van der Waals surface area contributed by atoms with Crippen LogP contribution in [0.2, 0.25) is 0 Å². The van der Waals surface area contributed by atoms with E-state index in [-0.39, 0.29) is 5.82 Å². The van der Waals surface area contributed by atoms with Crippen LogP contribution in [-0.4, -0.2) is 27.8 Å². The molecule has 0 fully saturated rings. The molecule has 6 heteroatoms. The highest BCUT2D eigenvalue weighted by atomic mass is 16.5. The molecule has 0 radical (unpaired) electrons. The fourth-order valence-electron chi connectivity index (χ4n) is 3.34. The van der Waals surface area contributed by atoms with Gasteiger partial charge >= 0.3 is 0 Å². The van der Waals surface area contributed by atoms with Gasteiger partial charge in [0.2, 0.25) is 5.82 Å². The first kappa shape index (κ1) is 20.3. The van der Waals surface area contributed by atoms with Crippen molar-refractivity contribution in [3.63, 3.8) is 0 Å². The van der Waals surface area contributed by atoms with Gasteiger partial charge in [-0.2, -0.15) is 0 Å². The van der Waals surface area contributed by atoms with Gasteiger partial charge in [-0.15, -0.1) is 5.10 Å². The third kappa shape index (κ3) is 4.19. The van der Waals surface area contributed by atoms with Crippen LogP contribution in [0.4, 0.5) is 5.69 Å². The summed E-state index contributed by atoms with van der Waals surface area (Å²) < 4.78 is 7.05. The average Bonchev–Trinajstić information content (AvgIpc) is 3.22. The number of carbonyl (C=O) groups is 1. The Hall–Kier alpha value is -3.93. The number of methoxy groups -OCH3 is 1. The number of amides is 1. The summed E-state index contributed by atoms with van der Waals surface area (Å²) >= 11 is 0. The number of para-hydroxylation sites is 2. The maximum atomic E-state index is 13.0. The normalized spacial score (nSPS) is 10.7. The molecule has 3 aromatic carbocycles. The van der Waals surface area contributed by atoms with Gasteiger partial charge in [0.05, 0.1) is 18.5 Å². The number of hydrogen-bond acceptors (Lipinski definition) is 4. The lowest BCUT2D eigenvalue weighted by molar-refractivity contribution is 0.101. The van der Waals surface area contributed by atoms with E-state index >= 15 is 0 Å². The van der Waals surface area contributed by atoms with Crippen molar-refractivity contribution >= 4 is 11.6 Å². The summed E-state index contributed by atoms with van der Waals surface area (Å²) in [5.41, 5.74) is 5.74. The van der Waals surface area contributed by atoms with Crippen LogP contribution < -0.4 is 10.1 Å². The van der Waals surface area contributed by atoms with Gasteiger partial charge in [-0.05, 0) is 62.2 Å². The molecule has 1 aromatic heterocycles. The molecule has 4 rings (SSSR count). The molecular weight excluding hydrogens is 388 g/mol. The zero-order chi connectivity index (χ0) is 22.0. The number of carbonyl (C=O) groups excluding carboxylic acids is 1. The van der Waals surface area contributed by atoms with Crippen molar-refractivity contribution in [1.29, 1.82) is 0 Å². The number of anilines is 1. The van der Waals surface area contributed by atoms with Crippen molar-refractivity contribution in [2.45, 2.75) is 20.8 Å². The van der Waals surface area contributed by atoms with E-state index in [9.17, 15) is 4.79 Å². The molecule has 1 amide bonds. The zero-order valence-electron chi connectivity index (χ0n) is 18.0. The molecule has 0 aliphatic heterocycles. The molecule has 6 nitrogen and oxygen atoms in total. The molecule has 0 aliphatic carbocycles. The van der Waals surface area contributed by atoms with E-state index < -0.39 is 5.91 Å². The molecule has 0 saturated carbocycles. The molecule has 0 spiro atoms. The Labute approximate surface area is 181 Å². The first-order valence-electron chi connectivity index (χ1n) is 10.0. The van der Waals surface area contributed by atoms with Crippen molar-refractivity contribution in [2.75, 3.05) is 12.4 Å². The second kappa shape index (κ2) is 8.44. The summed E-state index contributed by atoms with van der Waals surface area (Å²) in [7, 11) is 1.56. The van der Waals surface area contributed by atoms with E-state index in [0.717, 1.165) is 22.4 Å². The Bertz CT molecular complexity index is 1260. The first-order valence-corrected chi connectivity index (χ1v) is 10.0. The quantitative estimate of drug-likeness (QED) is 0.494. The fourth-order valence-corrected chi connectivity index (χ4v) is 3.34. The molecule has 0 saturated heterocycles. The highest BCUT2D eigenvalue weighted by Crippen LogP contribution is 2.26. The minimum Gasteiger partial charge on any atom is -0.495 e. The summed E-state index contributed by atoms with van der Waals surface area (Å²) in [6.07, 6.45) is 0. The van der Waals surface area contributed by atoms with Crippen molar-refractivity contribution < 1.29 is 9.53 Å². The van der Waals surface area contributed by atoms with E-state index in [2.05, 4.69) is 29.2 Å². The molecule has 0 aliphatic rings. The van der Waals surface area contributed by atoms with Gasteiger partial charge in [-0.3, -0.25) is 4.79 Å². The van der Waals surface area contributed by atoms with Crippen molar-refractivity contribution in [2.24, 2.45) is 0 Å². The predicted octanol–water partition coefficient (Wildman–Crippen LogP) is 5.12. The Balaban J connectivity index is 1.79. The fraction of sp³-hybridized carbons (Fsp3) is 0.160. The minimum atomic E-state index is -0.402. The van der Waals surface area contributed by atoms with E-state index in [1.54, 1.807) is 23.9 Å². The molecular formula is C25H24N4O2. The van der Waals surface area contributed by atoms with Crippen LogP contribution in [0, 0.1) is 20.8 Å². The highest BCUT2D eigenvalue weighted by molar-refractivity contribution is 6.02. The second-order valence-electron chi connectivity index (χ2n) is 7.46. The smallest absolute Gasteiger partial charge is 0.295 e. The maximum Gasteiger partial charge on any atom is 0.295 e. The third-order valence-electron chi connectivity index (χ3n) is 5.18. The minimum absolute atomic E-state index is 0.0839. The van der Waals surface area contributed by atoms with Gasteiger partial charge in [-0.1, -0.05) is 42.0 Å². The molecule has 1 N–H and O–H groups in total. The predicted molar refractivity (Wildman–Crippen MR) is 122 cm³/mol. The molecule has 0 unspecified atom stereocenters.